The fraction of sp³-hybridized carbons (Fsp3) is 0.571. The molecule has 1 unspecified atom stereocenters. The second-order valence-corrected chi connectivity index (χ2v) is 8.72. The van der Waals surface area contributed by atoms with Gasteiger partial charge in [0.15, 0.2) is 0 Å². The molecule has 188 valence electrons. The summed E-state index contributed by atoms with van der Waals surface area (Å²) in [4.78, 5) is 55.9. The van der Waals surface area contributed by atoms with Crippen molar-refractivity contribution >= 4 is 23.8 Å². The van der Waals surface area contributed by atoms with Crippen LogP contribution in [0.5, 0.6) is 0 Å². The minimum Gasteiger partial charge on any atom is -0.475 e. The van der Waals surface area contributed by atoms with Gasteiger partial charge in [0.05, 0.1) is 0 Å². The van der Waals surface area contributed by atoms with E-state index in [4.69, 9.17) is 9.90 Å². The lowest BCUT2D eigenvalue weighted by Gasteiger charge is -2.33. The molecule has 2 aliphatic rings. The minimum absolute atomic E-state index is 0.0270. The molecular weight excluding hydrogens is 459 g/mol. The Morgan fingerprint density at radius 1 is 1.09 bits per heavy atom. The molecule has 0 aromatic carbocycles. The summed E-state index contributed by atoms with van der Waals surface area (Å²) < 4.78 is 31.7. The van der Waals surface area contributed by atoms with Crippen molar-refractivity contribution in [3.63, 3.8) is 0 Å². The standard InChI is InChI=1S/C19H27N5O3.C2HF3O2/c1-14(2)21-18(27)24-9-8-23(17(26)15-4-6-20-7-5-15)12-19(13-24)10-16(25)22(3)11-19;3-2(4,5)1(6)7/h4-7,14H,8-13H2,1-3H3,(H,21,27);(H,6,7). The van der Waals surface area contributed by atoms with Gasteiger partial charge in [0, 0.05) is 75.6 Å². The molecule has 0 aliphatic carbocycles. The topological polar surface area (TPSA) is 123 Å². The summed E-state index contributed by atoms with van der Waals surface area (Å²) in [6.45, 7) is 6.16. The molecule has 0 radical (unpaired) electrons. The monoisotopic (exact) mass is 487 g/mol. The van der Waals surface area contributed by atoms with Crippen molar-refractivity contribution < 1.29 is 37.5 Å². The zero-order valence-electron chi connectivity index (χ0n) is 19.1. The summed E-state index contributed by atoms with van der Waals surface area (Å²) in [5.74, 6) is -2.80. The lowest BCUT2D eigenvalue weighted by molar-refractivity contribution is -0.192. The van der Waals surface area contributed by atoms with Crippen molar-refractivity contribution in [3.05, 3.63) is 30.1 Å². The van der Waals surface area contributed by atoms with Gasteiger partial charge >= 0.3 is 18.2 Å². The molecule has 1 aromatic rings. The number of hydrogen-bond acceptors (Lipinski definition) is 5. The zero-order chi connectivity index (χ0) is 25.7. The number of amides is 4. The first-order valence-electron chi connectivity index (χ1n) is 10.5. The van der Waals surface area contributed by atoms with Crippen molar-refractivity contribution in [2.75, 3.05) is 39.8 Å². The van der Waals surface area contributed by atoms with E-state index in [1.807, 2.05) is 13.8 Å². The van der Waals surface area contributed by atoms with Crippen molar-refractivity contribution in [3.8, 4) is 0 Å². The van der Waals surface area contributed by atoms with E-state index in [1.165, 1.54) is 0 Å². The molecule has 4 amide bonds. The lowest BCUT2D eigenvalue weighted by atomic mass is 9.86. The summed E-state index contributed by atoms with van der Waals surface area (Å²) in [5, 5.41) is 10.0. The Morgan fingerprint density at radius 3 is 2.09 bits per heavy atom. The van der Waals surface area contributed by atoms with Gasteiger partial charge < -0.3 is 25.1 Å². The van der Waals surface area contributed by atoms with Crippen LogP contribution >= 0.6 is 0 Å². The third kappa shape index (κ3) is 7.06. The summed E-state index contributed by atoms with van der Waals surface area (Å²) >= 11 is 0. The number of nitrogens with one attached hydrogen (secondary N) is 1. The van der Waals surface area contributed by atoms with Crippen molar-refractivity contribution in [1.82, 2.24) is 25.0 Å². The summed E-state index contributed by atoms with van der Waals surface area (Å²) in [7, 11) is 1.77. The molecule has 0 bridgehead atoms. The van der Waals surface area contributed by atoms with Crippen LogP contribution in [0.1, 0.15) is 30.6 Å². The molecule has 13 heteroatoms. The molecule has 1 atom stereocenters. The number of rotatable bonds is 2. The minimum atomic E-state index is -5.08. The molecular formula is C21H28F3N5O5. The second kappa shape index (κ2) is 10.7. The molecule has 3 heterocycles. The van der Waals surface area contributed by atoms with Crippen LogP contribution in [-0.4, -0.2) is 101 Å². The van der Waals surface area contributed by atoms with E-state index in [0.717, 1.165) is 0 Å². The number of hydrogen-bond donors (Lipinski definition) is 2. The van der Waals surface area contributed by atoms with E-state index in [2.05, 4.69) is 10.3 Å². The Morgan fingerprint density at radius 2 is 1.62 bits per heavy atom. The fourth-order valence-corrected chi connectivity index (χ4v) is 3.94. The fourth-order valence-electron chi connectivity index (χ4n) is 3.94. The van der Waals surface area contributed by atoms with Gasteiger partial charge in [0.25, 0.3) is 5.91 Å². The Kier molecular flexibility index (Phi) is 8.46. The number of aliphatic carboxylic acids is 1. The molecule has 1 spiro atoms. The summed E-state index contributed by atoms with van der Waals surface area (Å²) in [6.07, 6.45) is -1.55. The number of halogens is 3. The van der Waals surface area contributed by atoms with Crippen molar-refractivity contribution in [2.24, 2.45) is 5.41 Å². The van der Waals surface area contributed by atoms with Gasteiger partial charge in [-0.05, 0) is 26.0 Å². The highest BCUT2D eigenvalue weighted by molar-refractivity contribution is 5.94. The van der Waals surface area contributed by atoms with Gasteiger partial charge in [0.1, 0.15) is 0 Å². The number of alkyl halides is 3. The van der Waals surface area contributed by atoms with Gasteiger partial charge in [0.2, 0.25) is 5.91 Å². The quantitative estimate of drug-likeness (QED) is 0.651. The van der Waals surface area contributed by atoms with Crippen LogP contribution in [-0.2, 0) is 9.59 Å². The number of likely N-dealkylation sites (tertiary alicyclic amines) is 1. The van der Waals surface area contributed by atoms with Gasteiger partial charge in [-0.1, -0.05) is 0 Å². The van der Waals surface area contributed by atoms with Crippen molar-refractivity contribution in [1.29, 1.82) is 0 Å². The predicted molar refractivity (Wildman–Crippen MR) is 114 cm³/mol. The third-order valence-electron chi connectivity index (χ3n) is 5.37. The molecule has 10 nitrogen and oxygen atoms in total. The van der Waals surface area contributed by atoms with Gasteiger partial charge in [-0.2, -0.15) is 13.2 Å². The van der Waals surface area contributed by atoms with E-state index in [9.17, 15) is 27.6 Å². The Labute approximate surface area is 194 Å². The third-order valence-corrected chi connectivity index (χ3v) is 5.37. The van der Waals surface area contributed by atoms with Crippen LogP contribution in [0.25, 0.3) is 0 Å². The normalized spacial score (nSPS) is 20.7. The maximum Gasteiger partial charge on any atom is 0.490 e. The lowest BCUT2D eigenvalue weighted by Crippen LogP contribution is -2.49. The van der Waals surface area contributed by atoms with E-state index >= 15 is 0 Å². The maximum atomic E-state index is 13.0. The smallest absolute Gasteiger partial charge is 0.475 e. The van der Waals surface area contributed by atoms with Gasteiger partial charge in [-0.3, -0.25) is 14.6 Å². The van der Waals surface area contributed by atoms with Crippen LogP contribution in [0.4, 0.5) is 18.0 Å². The summed E-state index contributed by atoms with van der Waals surface area (Å²) in [6, 6.07) is 3.26. The van der Waals surface area contributed by atoms with Gasteiger partial charge in [-0.15, -0.1) is 0 Å². The number of carbonyl (C=O) groups is 4. The molecule has 2 aliphatic heterocycles. The Bertz CT molecular complexity index is 912. The van der Waals surface area contributed by atoms with E-state index in [1.54, 1.807) is 46.3 Å². The first-order chi connectivity index (χ1) is 15.7. The molecule has 34 heavy (non-hydrogen) atoms. The second-order valence-electron chi connectivity index (χ2n) is 8.72. The number of carbonyl (C=O) groups excluding carboxylic acids is 3. The van der Waals surface area contributed by atoms with Crippen LogP contribution in [0.2, 0.25) is 0 Å². The number of nitrogens with zero attached hydrogens (tertiary/aromatic N) is 4. The first kappa shape index (κ1) is 26.9. The average molecular weight is 487 g/mol. The van der Waals surface area contributed by atoms with E-state index in [0.29, 0.717) is 44.7 Å². The first-order valence-corrected chi connectivity index (χ1v) is 10.5. The van der Waals surface area contributed by atoms with Crippen LogP contribution < -0.4 is 5.32 Å². The van der Waals surface area contributed by atoms with E-state index in [-0.39, 0.29) is 23.9 Å². The van der Waals surface area contributed by atoms with Gasteiger partial charge in [-0.25, -0.2) is 9.59 Å². The highest BCUT2D eigenvalue weighted by atomic mass is 19.4. The van der Waals surface area contributed by atoms with Crippen LogP contribution in [0.3, 0.4) is 0 Å². The molecule has 0 saturated carbocycles. The number of carboxylic acid groups (broad SMARTS) is 1. The van der Waals surface area contributed by atoms with Crippen molar-refractivity contribution in [2.45, 2.75) is 32.5 Å². The maximum absolute atomic E-state index is 13.0. The number of aromatic nitrogens is 1. The van der Waals surface area contributed by atoms with Crippen LogP contribution in [0.15, 0.2) is 24.5 Å². The predicted octanol–water partition coefficient (Wildman–Crippen LogP) is 1.44. The largest absolute Gasteiger partial charge is 0.490 e. The van der Waals surface area contributed by atoms with E-state index < -0.39 is 17.6 Å². The number of carboxylic acids is 1. The highest BCUT2D eigenvalue weighted by Gasteiger charge is 2.47. The molecule has 2 fully saturated rings. The molecule has 3 rings (SSSR count). The molecule has 1 aromatic heterocycles. The summed E-state index contributed by atoms with van der Waals surface area (Å²) in [5.41, 5.74) is 0.122. The number of pyridine rings is 1. The SMILES string of the molecule is CC(C)NC(=O)N1CCN(C(=O)c2ccncc2)CC2(CC(=O)N(C)C2)C1.O=C(O)C(F)(F)F. The molecule has 2 saturated heterocycles. The Balaban J connectivity index is 0.000000509. The average Bonchev–Trinajstić information content (AvgIpc) is 2.90. The molecule has 2 N–H and O–H groups in total. The zero-order valence-corrected chi connectivity index (χ0v) is 19.1. The number of urea groups is 1. The van der Waals surface area contributed by atoms with Crippen LogP contribution in [0, 0.1) is 5.41 Å². The Hall–Kier alpha value is -3.38. The highest BCUT2D eigenvalue weighted by Crippen LogP contribution is 2.34.